The van der Waals surface area contributed by atoms with Crippen molar-refractivity contribution in [3.8, 4) is 5.82 Å². The van der Waals surface area contributed by atoms with Gasteiger partial charge in [-0.05, 0) is 28.1 Å². The van der Waals surface area contributed by atoms with Crippen LogP contribution in [0.4, 0.5) is 0 Å². The van der Waals surface area contributed by atoms with E-state index in [1.165, 1.54) is 0 Å². The maximum atomic E-state index is 4.00. The molecule has 4 nitrogen and oxygen atoms in total. The van der Waals surface area contributed by atoms with Gasteiger partial charge >= 0.3 is 0 Å². The average Bonchev–Trinajstić information content (AvgIpc) is 2.53. The summed E-state index contributed by atoms with van der Waals surface area (Å²) in [6, 6.07) is 3.69. The van der Waals surface area contributed by atoms with Gasteiger partial charge in [-0.15, -0.1) is 5.10 Å². The first-order valence-electron chi connectivity index (χ1n) is 3.35. The van der Waals surface area contributed by atoms with Crippen molar-refractivity contribution in [3.63, 3.8) is 0 Å². The Morgan fingerprint density at radius 1 is 1.33 bits per heavy atom. The molecule has 0 aromatic carbocycles. The molecule has 60 valence electrons. The molecule has 2 rings (SSSR count). The van der Waals surface area contributed by atoms with Gasteiger partial charge in [0.15, 0.2) is 10.6 Å². The summed E-state index contributed by atoms with van der Waals surface area (Å²) in [6.45, 7) is 0. The molecule has 0 N–H and O–H groups in total. The predicted octanol–water partition coefficient (Wildman–Crippen LogP) is 1.42. The number of nitrogens with zero attached hydrogens (tertiary/aromatic N) is 4. The second-order valence-electron chi connectivity index (χ2n) is 2.15. The van der Waals surface area contributed by atoms with Crippen LogP contribution in [-0.4, -0.2) is 19.7 Å². The highest BCUT2D eigenvalue weighted by Gasteiger charge is 2.00. The van der Waals surface area contributed by atoms with Gasteiger partial charge in [0.05, 0.1) is 0 Å². The lowest BCUT2D eigenvalue weighted by Crippen LogP contribution is -1.96. The van der Waals surface area contributed by atoms with Crippen LogP contribution in [0.2, 0.25) is 0 Å². The second-order valence-corrected chi connectivity index (χ2v) is 2.86. The zero-order valence-electron chi connectivity index (χ0n) is 6.05. The molecule has 0 aliphatic heterocycles. The van der Waals surface area contributed by atoms with Crippen LogP contribution in [0.25, 0.3) is 5.82 Å². The van der Waals surface area contributed by atoms with Crippen LogP contribution in [0.15, 0.2) is 35.5 Å². The highest BCUT2D eigenvalue weighted by atomic mass is 79.9. The number of hydrogen-bond acceptors (Lipinski definition) is 3. The monoisotopic (exact) mass is 224 g/mol. The number of rotatable bonds is 1. The summed E-state index contributed by atoms with van der Waals surface area (Å²) in [7, 11) is 0. The van der Waals surface area contributed by atoms with Gasteiger partial charge in [-0.25, -0.2) is 4.98 Å². The van der Waals surface area contributed by atoms with Gasteiger partial charge in [0.1, 0.15) is 0 Å². The van der Waals surface area contributed by atoms with E-state index in [0.29, 0.717) is 0 Å². The lowest BCUT2D eigenvalue weighted by atomic mass is 10.5. The molecular weight excluding hydrogens is 220 g/mol. The Kier molecular flexibility index (Phi) is 1.87. The van der Waals surface area contributed by atoms with Crippen molar-refractivity contribution in [2.75, 3.05) is 0 Å². The molecule has 0 aliphatic carbocycles. The van der Waals surface area contributed by atoms with Gasteiger partial charge in [0, 0.05) is 18.6 Å². The fraction of sp³-hybridized carbons (Fsp3) is 0. The smallest absolute Gasteiger partial charge is 0.182 e. The lowest BCUT2D eigenvalue weighted by molar-refractivity contribution is 0.894. The van der Waals surface area contributed by atoms with E-state index < -0.39 is 0 Å². The Morgan fingerprint density at radius 3 is 2.83 bits per heavy atom. The Bertz CT molecular complexity index is 370. The minimum atomic E-state index is 0.725. The Hall–Kier alpha value is -1.23. The minimum Gasteiger partial charge on any atom is -0.277 e. The molecule has 0 radical (unpaired) electrons. The van der Waals surface area contributed by atoms with E-state index in [9.17, 15) is 0 Å². The first kappa shape index (κ1) is 7.42. The van der Waals surface area contributed by atoms with E-state index in [1.54, 1.807) is 17.0 Å². The molecule has 0 fully saturated rings. The van der Waals surface area contributed by atoms with Crippen LogP contribution in [-0.2, 0) is 0 Å². The van der Waals surface area contributed by atoms with Crippen molar-refractivity contribution < 1.29 is 0 Å². The van der Waals surface area contributed by atoms with E-state index in [4.69, 9.17) is 0 Å². The van der Waals surface area contributed by atoms with Crippen LogP contribution < -0.4 is 0 Å². The SMILES string of the molecule is Brc1nccn1-c1cccnn1. The summed E-state index contributed by atoms with van der Waals surface area (Å²) in [4.78, 5) is 4.00. The maximum absolute atomic E-state index is 4.00. The van der Waals surface area contributed by atoms with Crippen molar-refractivity contribution in [1.29, 1.82) is 0 Å². The van der Waals surface area contributed by atoms with Crippen molar-refractivity contribution in [3.05, 3.63) is 35.5 Å². The number of halogens is 1. The second kappa shape index (κ2) is 3.02. The first-order chi connectivity index (χ1) is 5.88. The topological polar surface area (TPSA) is 43.6 Å². The van der Waals surface area contributed by atoms with Gasteiger partial charge in [-0.3, -0.25) is 4.57 Å². The third-order valence-electron chi connectivity index (χ3n) is 1.40. The lowest BCUT2D eigenvalue weighted by Gasteiger charge is -1.98. The summed E-state index contributed by atoms with van der Waals surface area (Å²) in [5.41, 5.74) is 0. The molecule has 0 amide bonds. The van der Waals surface area contributed by atoms with Crippen molar-refractivity contribution in [2.24, 2.45) is 0 Å². The van der Waals surface area contributed by atoms with Crippen molar-refractivity contribution in [2.45, 2.75) is 0 Å². The van der Waals surface area contributed by atoms with Crippen LogP contribution in [0.1, 0.15) is 0 Å². The molecule has 0 spiro atoms. The molecule has 2 aromatic heterocycles. The van der Waals surface area contributed by atoms with Gasteiger partial charge in [0.25, 0.3) is 0 Å². The van der Waals surface area contributed by atoms with Gasteiger partial charge < -0.3 is 0 Å². The van der Waals surface area contributed by atoms with E-state index in [-0.39, 0.29) is 0 Å². The largest absolute Gasteiger partial charge is 0.277 e. The highest BCUT2D eigenvalue weighted by Crippen LogP contribution is 2.11. The third-order valence-corrected chi connectivity index (χ3v) is 1.99. The van der Waals surface area contributed by atoms with Crippen LogP contribution in [0, 0.1) is 0 Å². The average molecular weight is 225 g/mol. The van der Waals surface area contributed by atoms with E-state index in [0.717, 1.165) is 10.6 Å². The first-order valence-corrected chi connectivity index (χ1v) is 4.14. The van der Waals surface area contributed by atoms with Crippen molar-refractivity contribution in [1.82, 2.24) is 19.7 Å². The standard InChI is InChI=1S/C7H5BrN4/c8-7-9-4-5-12(7)6-2-1-3-10-11-6/h1-5H. The minimum absolute atomic E-state index is 0.725. The Labute approximate surface area is 77.4 Å². The summed E-state index contributed by atoms with van der Waals surface area (Å²) in [5.74, 6) is 0.752. The van der Waals surface area contributed by atoms with Crippen LogP contribution in [0.5, 0.6) is 0 Å². The summed E-state index contributed by atoms with van der Waals surface area (Å²) >= 11 is 3.29. The zero-order valence-corrected chi connectivity index (χ0v) is 7.64. The van der Waals surface area contributed by atoms with Crippen LogP contribution in [0.3, 0.4) is 0 Å². The number of imidazole rings is 1. The van der Waals surface area contributed by atoms with E-state index in [1.807, 2.05) is 18.3 Å². The molecule has 2 heterocycles. The fourth-order valence-corrected chi connectivity index (χ4v) is 1.30. The van der Waals surface area contributed by atoms with E-state index in [2.05, 4.69) is 31.1 Å². The third kappa shape index (κ3) is 1.23. The van der Waals surface area contributed by atoms with E-state index >= 15 is 0 Å². The number of hydrogen-bond donors (Lipinski definition) is 0. The molecule has 0 saturated carbocycles. The molecule has 12 heavy (non-hydrogen) atoms. The summed E-state index contributed by atoms with van der Waals surface area (Å²) in [5, 5.41) is 7.69. The zero-order chi connectivity index (χ0) is 8.39. The Morgan fingerprint density at radius 2 is 2.25 bits per heavy atom. The molecule has 0 bridgehead atoms. The Balaban J connectivity index is 2.51. The maximum Gasteiger partial charge on any atom is 0.182 e. The van der Waals surface area contributed by atoms with Gasteiger partial charge in [0.2, 0.25) is 0 Å². The fourth-order valence-electron chi connectivity index (χ4n) is 0.878. The quantitative estimate of drug-likeness (QED) is 0.737. The predicted molar refractivity (Wildman–Crippen MR) is 46.9 cm³/mol. The summed E-state index contributed by atoms with van der Waals surface area (Å²) < 4.78 is 2.52. The molecule has 0 saturated heterocycles. The molecule has 5 heteroatoms. The van der Waals surface area contributed by atoms with Crippen molar-refractivity contribution >= 4 is 15.9 Å². The number of aromatic nitrogens is 4. The summed E-state index contributed by atoms with van der Waals surface area (Å²) in [6.07, 6.45) is 5.14. The van der Waals surface area contributed by atoms with Crippen LogP contribution >= 0.6 is 15.9 Å². The molecule has 0 atom stereocenters. The molecular formula is C7H5BrN4. The molecule has 0 unspecified atom stereocenters. The highest BCUT2D eigenvalue weighted by molar-refractivity contribution is 9.10. The normalized spacial score (nSPS) is 10.1. The van der Waals surface area contributed by atoms with Gasteiger partial charge in [-0.1, -0.05) is 0 Å². The molecule has 2 aromatic rings. The molecule has 0 aliphatic rings. The van der Waals surface area contributed by atoms with Gasteiger partial charge in [-0.2, -0.15) is 5.10 Å².